The number of hydrogen-bond acceptors (Lipinski definition) is 17. The number of imidazole rings is 1. The molecule has 4 aromatic rings. The Morgan fingerprint density at radius 3 is 2.27 bits per heavy atom. The smallest absolute Gasteiger partial charge is 0.333 e. The van der Waals surface area contributed by atoms with E-state index in [-0.39, 0.29) is 69.7 Å². The van der Waals surface area contributed by atoms with Crippen molar-refractivity contribution in [3.63, 3.8) is 0 Å². The van der Waals surface area contributed by atoms with E-state index in [2.05, 4.69) is 41.3 Å². The standard InChI is InChI=1S/C48H64N10O14S/c1-5-32-8-6-10-36(24-32)54-44-41-46(58(29-52-41)47-43(63)42(62)38(72-47)27-71-73(50,66)67)57(28-53-44)26-33-11-13-35(14-12-33)55-45(64)34(9-7-17-51-48(49)65)25-37(60)40(30(2)3)56-39(61)16-19-69-21-23-70-22-20-68-18-15-31(4)59/h1,6,8,10-14,24,28-30,34,38,40,42-43,47,62-63H,7,9,15-23,25-27H2,2-4H3,(H7,49,50,51,55,56,61,64,65,66,67)/p+1/t34-,38-,40+,42-,43-,47-/m1/s1. The lowest BCUT2D eigenvalue weighted by Crippen LogP contribution is -2.45. The first-order valence-corrected chi connectivity index (χ1v) is 25.1. The number of Topliss-reactive ketones (excluding diaryl/α,β-unsaturated/α-hetero) is 2. The Hall–Kier alpha value is -6.47. The number of anilines is 3. The largest absolute Gasteiger partial charge is 0.387 e. The summed E-state index contributed by atoms with van der Waals surface area (Å²) in [5, 5.41) is 38.4. The molecular formula is C48H65N10O14S+. The Morgan fingerprint density at radius 2 is 1.63 bits per heavy atom. The SMILES string of the molecule is C#Cc1cccc(Nc2nc[n+](Cc3ccc(NC(=O)[C@H](CCCNC(N)=O)CC(=O)[C@@H](NC(=O)CCOCCOCCOCCC(C)=O)C(C)C)cc3)c3c2ncn3[C@@H]2O[C@H](COS(N)(=O)=O)[C@@H](O)[C@H]2O)c1. The number of ether oxygens (including phenoxy) is 4. The second-order valence-corrected chi connectivity index (χ2v) is 18.8. The summed E-state index contributed by atoms with van der Waals surface area (Å²) in [4.78, 5) is 72.2. The van der Waals surface area contributed by atoms with E-state index in [0.717, 1.165) is 5.56 Å². The Labute approximate surface area is 423 Å². The third-order valence-corrected chi connectivity index (χ3v) is 11.9. The molecule has 25 heteroatoms. The van der Waals surface area contributed by atoms with Crippen LogP contribution in [0.2, 0.25) is 0 Å². The number of carbonyl (C=O) groups excluding carboxylic acids is 5. The number of amides is 4. The van der Waals surface area contributed by atoms with Gasteiger partial charge in [-0.1, -0.05) is 43.0 Å². The number of aliphatic hydroxyl groups is 2. The van der Waals surface area contributed by atoms with Gasteiger partial charge in [0.2, 0.25) is 30.2 Å². The second kappa shape index (κ2) is 28.1. The molecule has 2 aromatic heterocycles. The van der Waals surface area contributed by atoms with Crippen molar-refractivity contribution >= 4 is 68.1 Å². The summed E-state index contributed by atoms with van der Waals surface area (Å²) in [5.74, 6) is 0.574. The Kier molecular flexibility index (Phi) is 22.1. The van der Waals surface area contributed by atoms with Crippen LogP contribution in [0.15, 0.2) is 61.2 Å². The van der Waals surface area contributed by atoms with Gasteiger partial charge in [-0.2, -0.15) is 8.42 Å². The minimum atomic E-state index is -4.39. The molecule has 0 aliphatic carbocycles. The fraction of sp³-hybridized carbons (Fsp3) is 0.500. The second-order valence-electron chi connectivity index (χ2n) is 17.5. The molecule has 0 bridgehead atoms. The number of primary amides is 1. The van der Waals surface area contributed by atoms with Crippen LogP contribution in [0, 0.1) is 24.2 Å². The van der Waals surface area contributed by atoms with Crippen LogP contribution in [0.5, 0.6) is 0 Å². The first kappa shape index (κ1) is 57.4. The van der Waals surface area contributed by atoms with Gasteiger partial charge in [0.05, 0.1) is 58.8 Å². The average Bonchev–Trinajstić information content (AvgIpc) is 3.91. The van der Waals surface area contributed by atoms with E-state index in [4.69, 9.17) is 36.2 Å². The zero-order valence-electron chi connectivity index (χ0n) is 40.9. The number of nitrogens with zero attached hydrogens (tertiary/aromatic N) is 4. The molecule has 0 radical (unpaired) electrons. The van der Waals surface area contributed by atoms with Gasteiger partial charge in [-0.05, 0) is 61.6 Å². The molecule has 1 aliphatic rings. The monoisotopic (exact) mass is 1040 g/mol. The molecule has 396 valence electrons. The minimum absolute atomic E-state index is 0.0119. The number of fused-ring (bicyclic) bond motifs is 1. The van der Waals surface area contributed by atoms with Crippen molar-refractivity contribution in [1.29, 1.82) is 0 Å². The zero-order valence-corrected chi connectivity index (χ0v) is 41.8. The number of nitrogens with two attached hydrogens (primary N) is 2. The maximum absolute atomic E-state index is 13.9. The number of rotatable bonds is 31. The fourth-order valence-electron chi connectivity index (χ4n) is 7.70. The highest BCUT2D eigenvalue weighted by Gasteiger charge is 2.47. The van der Waals surface area contributed by atoms with Crippen LogP contribution >= 0.6 is 0 Å². The Morgan fingerprint density at radius 1 is 0.945 bits per heavy atom. The predicted molar refractivity (Wildman–Crippen MR) is 264 cm³/mol. The van der Waals surface area contributed by atoms with E-state index in [1.165, 1.54) is 24.1 Å². The quantitative estimate of drug-likeness (QED) is 0.0197. The lowest BCUT2D eigenvalue weighted by Gasteiger charge is -2.24. The molecule has 4 amide bonds. The number of hydrogen-bond donors (Lipinski definition) is 8. The van der Waals surface area contributed by atoms with Crippen LogP contribution in [-0.4, -0.2) is 140 Å². The van der Waals surface area contributed by atoms with Crippen molar-refractivity contribution in [2.75, 3.05) is 63.4 Å². The minimum Gasteiger partial charge on any atom is -0.387 e. The summed E-state index contributed by atoms with van der Waals surface area (Å²) in [7, 11) is -4.39. The van der Waals surface area contributed by atoms with Crippen LogP contribution in [0.3, 0.4) is 0 Å². The molecule has 24 nitrogen and oxygen atoms in total. The van der Waals surface area contributed by atoms with Gasteiger partial charge in [0, 0.05) is 48.7 Å². The molecule has 1 fully saturated rings. The maximum Gasteiger partial charge on any atom is 0.333 e. The highest BCUT2D eigenvalue weighted by atomic mass is 32.2. The molecule has 3 heterocycles. The molecule has 10 N–H and O–H groups in total. The molecule has 73 heavy (non-hydrogen) atoms. The van der Waals surface area contributed by atoms with E-state index in [1.807, 2.05) is 0 Å². The Balaban J connectivity index is 1.26. The lowest BCUT2D eigenvalue weighted by molar-refractivity contribution is -0.668. The van der Waals surface area contributed by atoms with Gasteiger partial charge >= 0.3 is 16.3 Å². The summed E-state index contributed by atoms with van der Waals surface area (Å²) in [5.41, 5.74) is 8.30. The number of ketones is 2. The molecule has 0 spiro atoms. The van der Waals surface area contributed by atoms with Gasteiger partial charge in [-0.15, -0.1) is 6.42 Å². The van der Waals surface area contributed by atoms with Crippen molar-refractivity contribution < 1.29 is 70.3 Å². The van der Waals surface area contributed by atoms with Gasteiger partial charge in [0.15, 0.2) is 17.6 Å². The van der Waals surface area contributed by atoms with E-state index >= 15 is 0 Å². The third-order valence-electron chi connectivity index (χ3n) is 11.5. The van der Waals surface area contributed by atoms with E-state index < -0.39 is 71.3 Å². The molecule has 6 atom stereocenters. The molecule has 1 saturated heterocycles. The summed E-state index contributed by atoms with van der Waals surface area (Å²) >= 11 is 0. The molecule has 1 aliphatic heterocycles. The van der Waals surface area contributed by atoms with Gasteiger partial charge in [0.1, 0.15) is 24.1 Å². The molecule has 2 aromatic carbocycles. The van der Waals surface area contributed by atoms with Crippen LogP contribution in [0.1, 0.15) is 70.2 Å². The number of terminal acetylenes is 1. The number of urea groups is 1. The predicted octanol–water partition coefficient (Wildman–Crippen LogP) is 0.854. The van der Waals surface area contributed by atoms with Gasteiger partial charge in [-0.25, -0.2) is 24.1 Å². The number of benzene rings is 2. The highest BCUT2D eigenvalue weighted by molar-refractivity contribution is 7.84. The zero-order chi connectivity index (χ0) is 53.1. The molecule has 5 rings (SSSR count). The van der Waals surface area contributed by atoms with E-state index in [9.17, 15) is 42.6 Å². The number of aliphatic hydroxyl groups excluding tert-OH is 2. The van der Waals surface area contributed by atoms with Gasteiger partial charge in [0.25, 0.3) is 5.65 Å². The summed E-state index contributed by atoms with van der Waals surface area (Å²) < 4.78 is 53.0. The van der Waals surface area contributed by atoms with E-state index in [0.29, 0.717) is 66.6 Å². The number of carbonyl (C=O) groups is 5. The van der Waals surface area contributed by atoms with Gasteiger partial charge < -0.3 is 56.2 Å². The van der Waals surface area contributed by atoms with Crippen LogP contribution in [0.4, 0.5) is 22.0 Å². The van der Waals surface area contributed by atoms with Crippen LogP contribution in [-0.2, 0) is 59.2 Å². The average molecular weight is 1040 g/mol. The van der Waals surface area contributed by atoms with Crippen molar-refractivity contribution in [3.05, 3.63) is 72.3 Å². The van der Waals surface area contributed by atoms with Crippen LogP contribution < -0.4 is 36.7 Å². The van der Waals surface area contributed by atoms with Crippen molar-refractivity contribution in [2.24, 2.45) is 22.7 Å². The van der Waals surface area contributed by atoms with Crippen molar-refractivity contribution in [2.45, 2.75) is 90.0 Å². The van der Waals surface area contributed by atoms with Gasteiger partial charge in [-0.3, -0.25) is 23.4 Å². The first-order chi connectivity index (χ1) is 34.8. The first-order valence-electron chi connectivity index (χ1n) is 23.6. The van der Waals surface area contributed by atoms with Crippen LogP contribution in [0.25, 0.3) is 11.2 Å². The Bertz CT molecular complexity index is 2660. The van der Waals surface area contributed by atoms with Crippen molar-refractivity contribution in [3.8, 4) is 12.3 Å². The molecular weight excluding hydrogens is 973 g/mol. The third kappa shape index (κ3) is 18.2. The normalized spacial score (nSPS) is 17.5. The molecule has 0 saturated carbocycles. The number of aromatic nitrogens is 4. The van der Waals surface area contributed by atoms with Crippen molar-refractivity contribution in [1.82, 2.24) is 25.2 Å². The highest BCUT2D eigenvalue weighted by Crippen LogP contribution is 2.33. The topological polar surface area (TPSA) is 341 Å². The summed E-state index contributed by atoms with van der Waals surface area (Å²) in [6.45, 7) is 6.35. The maximum atomic E-state index is 13.9. The summed E-state index contributed by atoms with van der Waals surface area (Å²) in [6, 6.07) is 12.3. The summed E-state index contributed by atoms with van der Waals surface area (Å²) in [6.07, 6.45) is 3.52. The number of nitrogens with one attached hydrogen (secondary N) is 4. The fourth-order valence-corrected chi connectivity index (χ4v) is 8.03. The molecule has 0 unspecified atom stereocenters. The lowest BCUT2D eigenvalue weighted by atomic mass is 9.89. The van der Waals surface area contributed by atoms with E-state index in [1.54, 1.807) is 66.9 Å².